The second kappa shape index (κ2) is 10.6. The van der Waals surface area contributed by atoms with Crippen LogP contribution in [0.1, 0.15) is 16.7 Å². The van der Waals surface area contributed by atoms with Crippen molar-refractivity contribution in [1.29, 1.82) is 0 Å². The summed E-state index contributed by atoms with van der Waals surface area (Å²) in [6.07, 6.45) is -4.39. The summed E-state index contributed by atoms with van der Waals surface area (Å²) in [6, 6.07) is 10.8. The van der Waals surface area contributed by atoms with Crippen molar-refractivity contribution < 1.29 is 27.4 Å². The second-order valence-corrected chi connectivity index (χ2v) is 6.48. The van der Waals surface area contributed by atoms with Gasteiger partial charge in [-0.3, -0.25) is 4.99 Å². The summed E-state index contributed by atoms with van der Waals surface area (Å²) in [5, 5.41) is 6.24. The van der Waals surface area contributed by atoms with E-state index in [-0.39, 0.29) is 43.1 Å². The van der Waals surface area contributed by atoms with Gasteiger partial charge in [-0.1, -0.05) is 18.2 Å². The Morgan fingerprint density at radius 3 is 2.53 bits per heavy atom. The van der Waals surface area contributed by atoms with E-state index in [9.17, 15) is 13.2 Å². The molecule has 6 nitrogen and oxygen atoms in total. The molecule has 0 saturated heterocycles. The van der Waals surface area contributed by atoms with Crippen molar-refractivity contribution in [3.05, 3.63) is 53.1 Å². The third kappa shape index (κ3) is 6.85. The highest BCUT2D eigenvalue weighted by atomic mass is 127. The maximum Gasteiger partial charge on any atom is 0.422 e. The topological polar surface area (TPSA) is 64.1 Å². The standard InChI is InChI=1S/C20H22F3N3O3.HI/c1-13-3-5-15(17(7-13)27-11-20(21,22)23)10-26-19(24-2)25-9-14-4-6-16-18(8-14)29-12-28-16;/h3-8H,9-12H2,1-2H3,(H2,24,25,26);1H. The maximum absolute atomic E-state index is 12.5. The van der Waals surface area contributed by atoms with Gasteiger partial charge >= 0.3 is 6.18 Å². The molecule has 164 valence electrons. The van der Waals surface area contributed by atoms with Gasteiger partial charge < -0.3 is 24.8 Å². The van der Waals surface area contributed by atoms with E-state index < -0.39 is 12.8 Å². The lowest BCUT2D eigenvalue weighted by Gasteiger charge is -2.16. The van der Waals surface area contributed by atoms with Crippen molar-refractivity contribution in [3.8, 4) is 17.2 Å². The number of fused-ring (bicyclic) bond motifs is 1. The van der Waals surface area contributed by atoms with Gasteiger partial charge in [0.15, 0.2) is 24.1 Å². The van der Waals surface area contributed by atoms with Crippen LogP contribution in [0.4, 0.5) is 13.2 Å². The molecule has 1 aliphatic rings. The Bertz CT molecular complexity index is 891. The fraction of sp³-hybridized carbons (Fsp3) is 0.350. The maximum atomic E-state index is 12.5. The van der Waals surface area contributed by atoms with Crippen molar-refractivity contribution in [2.75, 3.05) is 20.4 Å². The molecule has 1 aliphatic heterocycles. The summed E-state index contributed by atoms with van der Waals surface area (Å²) >= 11 is 0. The van der Waals surface area contributed by atoms with Gasteiger partial charge in [0.25, 0.3) is 0 Å². The average molecular weight is 537 g/mol. The molecule has 0 saturated carbocycles. The molecule has 0 atom stereocenters. The van der Waals surface area contributed by atoms with Gasteiger partial charge in [-0.15, -0.1) is 24.0 Å². The largest absolute Gasteiger partial charge is 0.484 e. The number of aliphatic imine (C=N–C) groups is 1. The number of guanidine groups is 1. The Hall–Kier alpha value is -2.37. The first-order valence-corrected chi connectivity index (χ1v) is 8.96. The van der Waals surface area contributed by atoms with Crippen LogP contribution in [0.3, 0.4) is 0 Å². The number of halogens is 4. The van der Waals surface area contributed by atoms with Crippen LogP contribution in [0.2, 0.25) is 0 Å². The van der Waals surface area contributed by atoms with Gasteiger partial charge in [-0.25, -0.2) is 0 Å². The molecule has 2 N–H and O–H groups in total. The van der Waals surface area contributed by atoms with Gasteiger partial charge in [-0.2, -0.15) is 13.2 Å². The first kappa shape index (κ1) is 23.9. The van der Waals surface area contributed by atoms with Crippen molar-refractivity contribution >= 4 is 29.9 Å². The molecule has 0 aromatic heterocycles. The van der Waals surface area contributed by atoms with E-state index in [4.69, 9.17) is 14.2 Å². The van der Waals surface area contributed by atoms with Gasteiger partial charge in [0.2, 0.25) is 6.79 Å². The van der Waals surface area contributed by atoms with Crippen molar-refractivity contribution in [2.45, 2.75) is 26.2 Å². The fourth-order valence-electron chi connectivity index (χ4n) is 2.74. The van der Waals surface area contributed by atoms with Crippen LogP contribution in [-0.2, 0) is 13.1 Å². The van der Waals surface area contributed by atoms with Gasteiger partial charge in [0.1, 0.15) is 5.75 Å². The monoisotopic (exact) mass is 537 g/mol. The minimum absolute atomic E-state index is 0. The molecule has 30 heavy (non-hydrogen) atoms. The summed E-state index contributed by atoms with van der Waals surface area (Å²) in [5.74, 6) is 2.10. The predicted molar refractivity (Wildman–Crippen MR) is 118 cm³/mol. The third-order valence-electron chi connectivity index (χ3n) is 4.18. The number of alkyl halides is 3. The van der Waals surface area contributed by atoms with Crippen molar-refractivity contribution in [3.63, 3.8) is 0 Å². The molecule has 0 bridgehead atoms. The number of nitrogens with zero attached hydrogens (tertiary/aromatic N) is 1. The molecule has 0 fully saturated rings. The van der Waals surface area contributed by atoms with Crippen LogP contribution in [0, 0.1) is 6.92 Å². The third-order valence-corrected chi connectivity index (χ3v) is 4.18. The van der Waals surface area contributed by atoms with E-state index in [1.165, 1.54) is 0 Å². The highest BCUT2D eigenvalue weighted by molar-refractivity contribution is 14.0. The molecule has 0 amide bonds. The molecule has 0 unspecified atom stereocenters. The van der Waals surface area contributed by atoms with Crippen LogP contribution < -0.4 is 24.8 Å². The smallest absolute Gasteiger partial charge is 0.422 e. The average Bonchev–Trinajstić information content (AvgIpc) is 3.15. The van der Waals surface area contributed by atoms with E-state index in [1.807, 2.05) is 24.3 Å². The van der Waals surface area contributed by atoms with E-state index >= 15 is 0 Å². The molecule has 1 heterocycles. The first-order chi connectivity index (χ1) is 13.8. The minimum Gasteiger partial charge on any atom is -0.484 e. The number of rotatable bonds is 6. The predicted octanol–water partition coefficient (Wildman–Crippen LogP) is 4.15. The zero-order valence-corrected chi connectivity index (χ0v) is 18.8. The number of hydrogen-bond acceptors (Lipinski definition) is 4. The molecular formula is C20H23F3IN3O3. The van der Waals surface area contributed by atoms with Crippen molar-refractivity contribution in [1.82, 2.24) is 10.6 Å². The number of ether oxygens (including phenoxy) is 3. The van der Waals surface area contributed by atoms with E-state index in [2.05, 4.69) is 15.6 Å². The Morgan fingerprint density at radius 2 is 1.80 bits per heavy atom. The molecule has 0 spiro atoms. The SMILES string of the molecule is CN=C(NCc1ccc2c(c1)OCO2)NCc1ccc(C)cc1OCC(F)(F)F.I. The number of nitrogens with one attached hydrogen (secondary N) is 2. The number of hydrogen-bond donors (Lipinski definition) is 2. The summed E-state index contributed by atoms with van der Waals surface area (Å²) in [5.41, 5.74) is 2.39. The highest BCUT2D eigenvalue weighted by Gasteiger charge is 2.28. The fourth-order valence-corrected chi connectivity index (χ4v) is 2.74. The van der Waals surface area contributed by atoms with Gasteiger partial charge in [0, 0.05) is 25.7 Å². The van der Waals surface area contributed by atoms with Crippen LogP contribution in [-0.4, -0.2) is 32.6 Å². The van der Waals surface area contributed by atoms with Gasteiger partial charge in [0.05, 0.1) is 0 Å². The first-order valence-electron chi connectivity index (χ1n) is 8.96. The Balaban J connectivity index is 0.00000320. The molecule has 10 heteroatoms. The van der Waals surface area contributed by atoms with Crippen LogP contribution in [0.25, 0.3) is 0 Å². The van der Waals surface area contributed by atoms with Gasteiger partial charge in [-0.05, 0) is 36.2 Å². The van der Waals surface area contributed by atoms with E-state index in [0.29, 0.717) is 29.6 Å². The molecule has 0 radical (unpaired) electrons. The summed E-state index contributed by atoms with van der Waals surface area (Å²) < 4.78 is 53.1. The lowest BCUT2D eigenvalue weighted by atomic mass is 10.1. The number of aryl methyl sites for hydroxylation is 1. The highest BCUT2D eigenvalue weighted by Crippen LogP contribution is 2.32. The Labute approximate surface area is 189 Å². The second-order valence-electron chi connectivity index (χ2n) is 6.48. The Morgan fingerprint density at radius 1 is 1.07 bits per heavy atom. The normalized spacial score (nSPS) is 12.9. The minimum atomic E-state index is -4.39. The number of benzene rings is 2. The summed E-state index contributed by atoms with van der Waals surface area (Å²) in [7, 11) is 1.62. The molecule has 2 aromatic carbocycles. The quantitative estimate of drug-likeness (QED) is 0.330. The molecule has 0 aliphatic carbocycles. The van der Waals surface area contributed by atoms with Crippen LogP contribution in [0.5, 0.6) is 17.2 Å². The zero-order valence-electron chi connectivity index (χ0n) is 16.5. The molecular weight excluding hydrogens is 514 g/mol. The van der Waals surface area contributed by atoms with Crippen LogP contribution >= 0.6 is 24.0 Å². The Kier molecular flexibility index (Phi) is 8.44. The lowest BCUT2D eigenvalue weighted by Crippen LogP contribution is -2.36. The van der Waals surface area contributed by atoms with Crippen molar-refractivity contribution in [2.24, 2.45) is 4.99 Å². The van der Waals surface area contributed by atoms with E-state index in [1.54, 1.807) is 26.1 Å². The molecule has 2 aromatic rings. The summed E-state index contributed by atoms with van der Waals surface area (Å²) in [6.45, 7) is 1.42. The summed E-state index contributed by atoms with van der Waals surface area (Å²) in [4.78, 5) is 4.14. The van der Waals surface area contributed by atoms with Crippen LogP contribution in [0.15, 0.2) is 41.4 Å². The van der Waals surface area contributed by atoms with E-state index in [0.717, 1.165) is 11.1 Å². The lowest BCUT2D eigenvalue weighted by molar-refractivity contribution is -0.153. The zero-order chi connectivity index (χ0) is 20.9. The molecule has 3 rings (SSSR count).